The number of rotatable bonds is 4. The molecule has 0 spiro atoms. The maximum atomic E-state index is 14.9. The molecule has 1 heterocycles. The average Bonchev–Trinajstić information content (AvgIpc) is 2.64. The SMILES string of the molecule is CCOC(=O)Cc1cc(-n2c(=O)cc(C(F)(F)F)n(C)c2=O)c(F)cc1C#C[Si](C)(C)C. The van der Waals surface area contributed by atoms with Crippen molar-refractivity contribution in [3.63, 3.8) is 0 Å². The Balaban J connectivity index is 2.79. The van der Waals surface area contributed by atoms with Crippen LogP contribution in [-0.4, -0.2) is 29.8 Å². The molecule has 0 aliphatic heterocycles. The third-order valence-corrected chi connectivity index (χ3v) is 5.11. The molecule has 0 fully saturated rings. The zero-order chi connectivity index (χ0) is 24.4. The van der Waals surface area contributed by atoms with Crippen molar-refractivity contribution in [3.05, 3.63) is 61.7 Å². The molecule has 0 radical (unpaired) electrons. The van der Waals surface area contributed by atoms with Gasteiger partial charge in [0.15, 0.2) is 0 Å². The van der Waals surface area contributed by atoms with Crippen LogP contribution in [0.3, 0.4) is 0 Å². The Hall–Kier alpha value is -3.13. The van der Waals surface area contributed by atoms with Crippen LogP contribution in [-0.2, 0) is 29.2 Å². The highest BCUT2D eigenvalue weighted by Gasteiger charge is 2.35. The number of benzene rings is 1. The van der Waals surface area contributed by atoms with Gasteiger partial charge in [0.25, 0.3) is 5.56 Å². The summed E-state index contributed by atoms with van der Waals surface area (Å²) in [6.07, 6.45) is -5.28. The Labute approximate surface area is 182 Å². The normalized spacial score (nSPS) is 11.7. The fraction of sp³-hybridized carbons (Fsp3) is 0.381. The van der Waals surface area contributed by atoms with E-state index >= 15 is 0 Å². The molecule has 0 amide bonds. The van der Waals surface area contributed by atoms with Crippen molar-refractivity contribution in [2.24, 2.45) is 7.05 Å². The minimum atomic E-state index is -4.95. The molecule has 0 aliphatic carbocycles. The second kappa shape index (κ2) is 9.16. The second-order valence-electron chi connectivity index (χ2n) is 7.99. The Bertz CT molecular complexity index is 1230. The molecule has 2 aromatic rings. The van der Waals surface area contributed by atoms with Gasteiger partial charge < -0.3 is 4.74 Å². The lowest BCUT2D eigenvalue weighted by atomic mass is 10.0. The van der Waals surface area contributed by atoms with E-state index < -0.39 is 48.7 Å². The summed E-state index contributed by atoms with van der Waals surface area (Å²) >= 11 is 0. The third kappa shape index (κ3) is 5.76. The second-order valence-corrected chi connectivity index (χ2v) is 12.7. The van der Waals surface area contributed by atoms with Crippen LogP contribution in [0.5, 0.6) is 0 Å². The van der Waals surface area contributed by atoms with Gasteiger partial charge in [-0.3, -0.25) is 14.2 Å². The molecule has 6 nitrogen and oxygen atoms in total. The zero-order valence-electron chi connectivity index (χ0n) is 18.2. The van der Waals surface area contributed by atoms with E-state index in [2.05, 4.69) is 11.5 Å². The molecule has 0 unspecified atom stereocenters. The van der Waals surface area contributed by atoms with E-state index in [4.69, 9.17) is 4.74 Å². The molecule has 0 aliphatic rings. The summed E-state index contributed by atoms with van der Waals surface area (Å²) in [5.74, 6) is 1.14. The number of hydrogen-bond donors (Lipinski definition) is 0. The first-order valence-electron chi connectivity index (χ1n) is 9.57. The van der Waals surface area contributed by atoms with Crippen molar-refractivity contribution in [1.29, 1.82) is 0 Å². The first-order valence-corrected chi connectivity index (χ1v) is 13.1. The number of hydrogen-bond acceptors (Lipinski definition) is 4. The van der Waals surface area contributed by atoms with Gasteiger partial charge in [-0.25, -0.2) is 13.8 Å². The minimum Gasteiger partial charge on any atom is -0.466 e. The Morgan fingerprint density at radius 3 is 2.31 bits per heavy atom. The number of aromatic nitrogens is 2. The summed E-state index contributed by atoms with van der Waals surface area (Å²) in [6, 6.07) is 2.24. The lowest BCUT2D eigenvalue weighted by Crippen LogP contribution is -2.41. The lowest BCUT2D eigenvalue weighted by molar-refractivity contribution is -0.144. The maximum absolute atomic E-state index is 14.9. The van der Waals surface area contributed by atoms with Crippen molar-refractivity contribution in [1.82, 2.24) is 9.13 Å². The summed E-state index contributed by atoms with van der Waals surface area (Å²) in [6.45, 7) is 7.58. The third-order valence-electron chi connectivity index (χ3n) is 4.24. The first-order chi connectivity index (χ1) is 14.7. The van der Waals surface area contributed by atoms with Crippen molar-refractivity contribution < 1.29 is 27.1 Å². The summed E-state index contributed by atoms with van der Waals surface area (Å²) in [4.78, 5) is 36.9. The van der Waals surface area contributed by atoms with Gasteiger partial charge in [-0.1, -0.05) is 25.6 Å². The molecular formula is C21H22F4N2O4Si. The van der Waals surface area contributed by atoms with Gasteiger partial charge in [-0.05, 0) is 24.6 Å². The highest BCUT2D eigenvalue weighted by atomic mass is 28.3. The zero-order valence-corrected chi connectivity index (χ0v) is 19.2. The summed E-state index contributed by atoms with van der Waals surface area (Å²) < 4.78 is 59.6. The molecule has 11 heteroatoms. The molecule has 0 N–H and O–H groups in total. The fourth-order valence-corrected chi connectivity index (χ4v) is 3.29. The van der Waals surface area contributed by atoms with Gasteiger partial charge in [0.2, 0.25) is 0 Å². The quantitative estimate of drug-likeness (QED) is 0.298. The van der Waals surface area contributed by atoms with Crippen LogP contribution in [0.1, 0.15) is 23.7 Å². The van der Waals surface area contributed by atoms with Gasteiger partial charge in [0.05, 0.1) is 18.7 Å². The Kier molecular flexibility index (Phi) is 7.19. The van der Waals surface area contributed by atoms with Crippen molar-refractivity contribution in [2.75, 3.05) is 6.61 Å². The van der Waals surface area contributed by atoms with Gasteiger partial charge in [0.1, 0.15) is 19.6 Å². The van der Waals surface area contributed by atoms with Crippen molar-refractivity contribution in [3.8, 4) is 17.2 Å². The largest absolute Gasteiger partial charge is 0.466 e. The van der Waals surface area contributed by atoms with E-state index in [1.807, 2.05) is 19.6 Å². The standard InChI is InChI=1S/C21H22F4N2O4Si/c1-6-31-19(29)11-14-10-16(15(22)9-13(14)7-8-32(3,4)5)27-18(28)12-17(21(23,24)25)26(2)20(27)30/h9-10,12H,6,11H2,1-5H3. The molecule has 1 aromatic heterocycles. The molecule has 0 atom stereocenters. The van der Waals surface area contributed by atoms with E-state index in [1.54, 1.807) is 6.92 Å². The molecule has 0 saturated heterocycles. The number of carbonyl (C=O) groups excluding carboxylic acids is 1. The number of ether oxygens (including phenoxy) is 1. The van der Waals surface area contributed by atoms with Crippen LogP contribution in [0.15, 0.2) is 27.8 Å². The number of carbonyl (C=O) groups is 1. The topological polar surface area (TPSA) is 70.3 Å². The number of nitrogens with zero attached hydrogens (tertiary/aromatic N) is 2. The monoisotopic (exact) mass is 470 g/mol. The Morgan fingerprint density at radius 1 is 1.16 bits per heavy atom. The van der Waals surface area contributed by atoms with Gasteiger partial charge >= 0.3 is 17.8 Å². The fourth-order valence-electron chi connectivity index (χ4n) is 2.78. The molecule has 0 bridgehead atoms. The average molecular weight is 470 g/mol. The maximum Gasteiger partial charge on any atom is 0.431 e. The van der Waals surface area contributed by atoms with E-state index in [0.717, 1.165) is 19.2 Å². The summed E-state index contributed by atoms with van der Waals surface area (Å²) in [5.41, 5.74) is -1.40. The van der Waals surface area contributed by atoms with Crippen LogP contribution in [0.25, 0.3) is 5.69 Å². The molecule has 32 heavy (non-hydrogen) atoms. The van der Waals surface area contributed by atoms with Crippen LogP contribution in [0.2, 0.25) is 19.6 Å². The molecule has 172 valence electrons. The predicted octanol–water partition coefficient (Wildman–Crippen LogP) is 3.03. The minimum absolute atomic E-state index is 0.0989. The first kappa shape index (κ1) is 25.1. The van der Waals surface area contributed by atoms with Crippen LogP contribution < -0.4 is 11.2 Å². The highest BCUT2D eigenvalue weighted by molar-refractivity contribution is 6.83. The van der Waals surface area contributed by atoms with Gasteiger partial charge in [-0.2, -0.15) is 13.2 Å². The number of halogens is 4. The molecule has 2 rings (SSSR count). The van der Waals surface area contributed by atoms with Crippen molar-refractivity contribution in [2.45, 2.75) is 39.2 Å². The van der Waals surface area contributed by atoms with E-state index in [1.165, 1.54) is 0 Å². The van der Waals surface area contributed by atoms with Crippen molar-refractivity contribution >= 4 is 14.0 Å². The Morgan fingerprint density at radius 2 is 1.78 bits per heavy atom. The van der Waals surface area contributed by atoms with Crippen LogP contribution in [0.4, 0.5) is 17.6 Å². The number of alkyl halides is 3. The summed E-state index contributed by atoms with van der Waals surface area (Å²) in [7, 11) is -1.05. The molecule has 0 saturated carbocycles. The summed E-state index contributed by atoms with van der Waals surface area (Å²) in [5, 5.41) is 0. The van der Waals surface area contributed by atoms with E-state index in [-0.39, 0.29) is 39.4 Å². The predicted molar refractivity (Wildman–Crippen MR) is 113 cm³/mol. The number of esters is 1. The highest BCUT2D eigenvalue weighted by Crippen LogP contribution is 2.27. The van der Waals surface area contributed by atoms with E-state index in [9.17, 15) is 31.9 Å². The van der Waals surface area contributed by atoms with Crippen LogP contribution >= 0.6 is 0 Å². The van der Waals surface area contributed by atoms with Gasteiger partial charge in [-0.15, -0.1) is 5.54 Å². The molecule has 1 aromatic carbocycles. The van der Waals surface area contributed by atoms with Gasteiger partial charge in [0, 0.05) is 18.7 Å². The smallest absolute Gasteiger partial charge is 0.431 e. The molecular weight excluding hydrogens is 448 g/mol. The van der Waals surface area contributed by atoms with Crippen LogP contribution in [0, 0.1) is 17.3 Å². The van der Waals surface area contributed by atoms with E-state index in [0.29, 0.717) is 0 Å². The lowest BCUT2D eigenvalue weighted by Gasteiger charge is -2.15.